The van der Waals surface area contributed by atoms with Crippen LogP contribution in [0.2, 0.25) is 0 Å². The molecule has 0 bridgehead atoms. The van der Waals surface area contributed by atoms with E-state index in [4.69, 9.17) is 19.5 Å². The zero-order chi connectivity index (χ0) is 23.2. The van der Waals surface area contributed by atoms with Crippen LogP contribution in [0.3, 0.4) is 0 Å². The molecule has 2 atom stereocenters. The van der Waals surface area contributed by atoms with Gasteiger partial charge in [0.05, 0.1) is 13.2 Å². The molecule has 0 aliphatic heterocycles. The predicted molar refractivity (Wildman–Crippen MR) is 126 cm³/mol. The molecule has 0 aromatic rings. The van der Waals surface area contributed by atoms with E-state index >= 15 is 0 Å². The van der Waals surface area contributed by atoms with E-state index in [1.54, 1.807) is 0 Å². The van der Waals surface area contributed by atoms with Gasteiger partial charge in [-0.2, -0.15) is 0 Å². The Balaban J connectivity index is 3.51. The second-order valence-corrected chi connectivity index (χ2v) is 10.1. The predicted octanol–water partition coefficient (Wildman–Crippen LogP) is 5.35. The minimum Gasteiger partial charge on any atom is -0.463 e. The van der Waals surface area contributed by atoms with E-state index in [2.05, 4.69) is 19.1 Å². The number of rotatable bonds is 22. The zero-order valence-corrected chi connectivity index (χ0v) is 20.7. The molecule has 3 N–H and O–H groups in total. The average Bonchev–Trinajstić information content (AvgIpc) is 2.75. The summed E-state index contributed by atoms with van der Waals surface area (Å²) in [5, 5.41) is 9.77. The summed E-state index contributed by atoms with van der Waals surface area (Å²) in [5.74, 6) is -0.336. The number of hydrogen-bond donors (Lipinski definition) is 2. The summed E-state index contributed by atoms with van der Waals surface area (Å²) in [5.41, 5.74) is 5.27. The van der Waals surface area contributed by atoms with E-state index in [0.717, 1.165) is 32.1 Å². The third-order valence-corrected chi connectivity index (χ3v) is 6.04. The van der Waals surface area contributed by atoms with Gasteiger partial charge >= 0.3 is 13.6 Å². The van der Waals surface area contributed by atoms with Gasteiger partial charge < -0.3 is 24.6 Å². The Labute approximate surface area is 189 Å². The summed E-state index contributed by atoms with van der Waals surface area (Å²) < 4.78 is 26.9. The minimum atomic E-state index is -3.24. The smallest absolute Gasteiger partial charge is 0.327 e. The van der Waals surface area contributed by atoms with E-state index < -0.39 is 13.7 Å². The maximum absolute atomic E-state index is 11.9. The van der Waals surface area contributed by atoms with Crippen LogP contribution in [0.15, 0.2) is 12.2 Å². The fraction of sp³-hybridized carbons (Fsp3) is 0.870. The molecule has 0 saturated carbocycles. The van der Waals surface area contributed by atoms with Crippen LogP contribution in [0.4, 0.5) is 0 Å². The first-order valence-electron chi connectivity index (χ1n) is 12.0. The van der Waals surface area contributed by atoms with Crippen molar-refractivity contribution in [1.29, 1.82) is 0 Å². The highest BCUT2D eigenvalue weighted by Crippen LogP contribution is 2.43. The highest BCUT2D eigenvalue weighted by molar-refractivity contribution is 7.52. The maximum Gasteiger partial charge on any atom is 0.327 e. The third kappa shape index (κ3) is 22.3. The lowest BCUT2D eigenvalue weighted by molar-refractivity contribution is -0.147. The first-order chi connectivity index (χ1) is 14.9. The van der Waals surface area contributed by atoms with Crippen molar-refractivity contribution >= 4 is 13.6 Å². The lowest BCUT2D eigenvalue weighted by Crippen LogP contribution is -2.23. The van der Waals surface area contributed by atoms with Crippen LogP contribution >= 0.6 is 7.60 Å². The highest BCUT2D eigenvalue weighted by Gasteiger charge is 2.19. The van der Waals surface area contributed by atoms with E-state index in [1.807, 2.05) is 0 Å². The summed E-state index contributed by atoms with van der Waals surface area (Å²) in [4.78, 5) is 11.7. The van der Waals surface area contributed by atoms with Crippen LogP contribution in [-0.2, 0) is 23.1 Å². The van der Waals surface area contributed by atoms with Crippen molar-refractivity contribution in [3.8, 4) is 0 Å². The molecular formula is C23H46NO6P. The van der Waals surface area contributed by atoms with Crippen molar-refractivity contribution < 1.29 is 28.3 Å². The number of carbonyl (C=O) groups excluding carboxylic acids is 1. The summed E-state index contributed by atoms with van der Waals surface area (Å²) in [7, 11) is -3.24. The fourth-order valence-corrected chi connectivity index (χ4v) is 3.90. The van der Waals surface area contributed by atoms with Gasteiger partial charge in [0, 0.05) is 19.6 Å². The Hall–Kier alpha value is -0.720. The minimum absolute atomic E-state index is 0.119. The van der Waals surface area contributed by atoms with Gasteiger partial charge in [-0.25, -0.2) is 0 Å². The van der Waals surface area contributed by atoms with Gasteiger partial charge in [0.2, 0.25) is 0 Å². The standard InChI is InChI=1S/C23H46NO6P/c1-3-4-5-6-7-8-9-10-11-12-13-14-15-16-17-23(26)28-20-22(25)21-30-31(2,27)29-19-18-24/h10-11,22,25H,3-9,12-21,24H2,1-2H3/b11-10-. The molecule has 31 heavy (non-hydrogen) atoms. The number of aliphatic hydroxyl groups excluding tert-OH is 1. The van der Waals surface area contributed by atoms with Crippen molar-refractivity contribution in [1.82, 2.24) is 0 Å². The van der Waals surface area contributed by atoms with Gasteiger partial charge in [0.25, 0.3) is 0 Å². The quantitative estimate of drug-likeness (QED) is 0.0964. The number of allylic oxidation sites excluding steroid dienone is 2. The molecule has 0 radical (unpaired) electrons. The second kappa shape index (κ2) is 21.1. The monoisotopic (exact) mass is 463 g/mol. The second-order valence-electron chi connectivity index (χ2n) is 8.01. The lowest BCUT2D eigenvalue weighted by atomic mass is 10.1. The number of aliphatic hydroxyl groups is 1. The number of hydrogen-bond acceptors (Lipinski definition) is 7. The van der Waals surface area contributed by atoms with Gasteiger partial charge in [0.1, 0.15) is 12.7 Å². The van der Waals surface area contributed by atoms with Crippen molar-refractivity contribution in [3.63, 3.8) is 0 Å². The molecule has 0 fully saturated rings. The lowest BCUT2D eigenvalue weighted by Gasteiger charge is -2.16. The molecule has 184 valence electrons. The molecule has 0 aromatic heterocycles. The zero-order valence-electron chi connectivity index (χ0n) is 19.8. The number of unbranched alkanes of at least 4 members (excludes halogenated alkanes) is 10. The third-order valence-electron chi connectivity index (χ3n) is 4.77. The van der Waals surface area contributed by atoms with Crippen LogP contribution in [-0.4, -0.2) is 50.2 Å². The van der Waals surface area contributed by atoms with Crippen LogP contribution in [0.5, 0.6) is 0 Å². The van der Waals surface area contributed by atoms with Gasteiger partial charge in [0.15, 0.2) is 0 Å². The Morgan fingerprint density at radius 2 is 1.52 bits per heavy atom. The Bertz CT molecular complexity index is 500. The van der Waals surface area contributed by atoms with Crippen LogP contribution < -0.4 is 5.73 Å². The highest BCUT2D eigenvalue weighted by atomic mass is 31.2. The number of esters is 1. The SMILES string of the molecule is CCCCCCCC/C=C\CCCCCCC(=O)OCC(O)COP(C)(=O)OCCN. The van der Waals surface area contributed by atoms with Crippen LogP contribution in [0.25, 0.3) is 0 Å². The largest absolute Gasteiger partial charge is 0.463 e. The summed E-state index contributed by atoms with van der Waals surface area (Å²) >= 11 is 0. The number of ether oxygens (including phenoxy) is 1. The van der Waals surface area contributed by atoms with Gasteiger partial charge in [-0.05, 0) is 32.1 Å². The van der Waals surface area contributed by atoms with Crippen molar-refractivity contribution in [2.45, 2.75) is 96.5 Å². The fourth-order valence-electron chi connectivity index (χ4n) is 2.95. The molecule has 0 aliphatic rings. The molecular weight excluding hydrogens is 417 g/mol. The van der Waals surface area contributed by atoms with Crippen molar-refractivity contribution in [3.05, 3.63) is 12.2 Å². The first kappa shape index (κ1) is 30.3. The van der Waals surface area contributed by atoms with Gasteiger partial charge in [-0.15, -0.1) is 0 Å². The number of nitrogens with two attached hydrogens (primary N) is 1. The van der Waals surface area contributed by atoms with E-state index in [-0.39, 0.29) is 32.3 Å². The molecule has 0 heterocycles. The van der Waals surface area contributed by atoms with E-state index in [0.29, 0.717) is 6.42 Å². The normalized spacial score (nSPS) is 14.6. The molecule has 7 nitrogen and oxygen atoms in total. The van der Waals surface area contributed by atoms with Crippen LogP contribution in [0, 0.1) is 0 Å². The molecule has 2 unspecified atom stereocenters. The molecule has 8 heteroatoms. The molecule has 0 rings (SSSR count). The van der Waals surface area contributed by atoms with Crippen molar-refractivity contribution in [2.75, 3.05) is 33.0 Å². The Morgan fingerprint density at radius 3 is 2.13 bits per heavy atom. The van der Waals surface area contributed by atoms with Crippen molar-refractivity contribution in [2.24, 2.45) is 5.73 Å². The molecule has 0 aliphatic carbocycles. The maximum atomic E-state index is 11.9. The number of carbonyl (C=O) groups is 1. The summed E-state index contributed by atoms with van der Waals surface area (Å²) in [6.07, 6.45) is 18.2. The van der Waals surface area contributed by atoms with E-state index in [9.17, 15) is 14.5 Å². The average molecular weight is 464 g/mol. The van der Waals surface area contributed by atoms with Gasteiger partial charge in [-0.1, -0.05) is 64.0 Å². The molecule has 0 aromatic carbocycles. The van der Waals surface area contributed by atoms with E-state index in [1.165, 1.54) is 51.6 Å². The van der Waals surface area contributed by atoms with Gasteiger partial charge in [-0.3, -0.25) is 9.36 Å². The van der Waals surface area contributed by atoms with Crippen LogP contribution in [0.1, 0.15) is 90.4 Å². The summed E-state index contributed by atoms with van der Waals surface area (Å²) in [6, 6.07) is 0. The topological polar surface area (TPSA) is 108 Å². The Morgan fingerprint density at radius 1 is 0.935 bits per heavy atom. The molecule has 0 saturated heterocycles. The first-order valence-corrected chi connectivity index (χ1v) is 14.0. The molecule has 0 amide bonds. The Kier molecular flexibility index (Phi) is 20.7. The molecule has 0 spiro atoms. The summed E-state index contributed by atoms with van der Waals surface area (Å²) in [6.45, 7) is 3.50.